The highest BCUT2D eigenvalue weighted by molar-refractivity contribution is 9.10. The van der Waals surface area contributed by atoms with E-state index in [1.54, 1.807) is 11.3 Å². The van der Waals surface area contributed by atoms with Gasteiger partial charge in [0, 0.05) is 32.8 Å². The fourth-order valence-electron chi connectivity index (χ4n) is 1.41. The van der Waals surface area contributed by atoms with Crippen LogP contribution in [0.4, 0.5) is 0 Å². The molecule has 1 aromatic heterocycles. The van der Waals surface area contributed by atoms with Crippen molar-refractivity contribution in [1.82, 2.24) is 5.32 Å². The Labute approximate surface area is 113 Å². The highest BCUT2D eigenvalue weighted by Crippen LogP contribution is 2.20. The second-order valence-electron chi connectivity index (χ2n) is 3.43. The molecule has 2 aromatic rings. The van der Waals surface area contributed by atoms with Crippen LogP contribution in [0.5, 0.6) is 0 Å². The van der Waals surface area contributed by atoms with E-state index in [2.05, 4.69) is 32.7 Å². The lowest BCUT2D eigenvalue weighted by molar-refractivity contribution is 0.701. The molecule has 0 radical (unpaired) electrons. The molecule has 4 heteroatoms. The first-order valence-electron chi connectivity index (χ1n) is 4.93. The quantitative estimate of drug-likeness (QED) is 0.878. The van der Waals surface area contributed by atoms with Gasteiger partial charge in [0.1, 0.15) is 0 Å². The minimum Gasteiger partial charge on any atom is -0.308 e. The average molecular weight is 317 g/mol. The van der Waals surface area contributed by atoms with E-state index in [0.717, 1.165) is 28.1 Å². The summed E-state index contributed by atoms with van der Waals surface area (Å²) in [7, 11) is 0. The summed E-state index contributed by atoms with van der Waals surface area (Å²) >= 11 is 11.3. The van der Waals surface area contributed by atoms with Gasteiger partial charge in [0.2, 0.25) is 0 Å². The van der Waals surface area contributed by atoms with Crippen LogP contribution < -0.4 is 5.32 Å². The molecule has 0 fully saturated rings. The molecule has 1 nitrogen and oxygen atoms in total. The normalized spacial score (nSPS) is 10.6. The topological polar surface area (TPSA) is 12.0 Å². The van der Waals surface area contributed by atoms with Gasteiger partial charge < -0.3 is 5.32 Å². The van der Waals surface area contributed by atoms with Gasteiger partial charge in [-0.25, -0.2) is 0 Å². The molecule has 0 spiro atoms. The molecule has 0 saturated carbocycles. The second-order valence-corrected chi connectivity index (χ2v) is 5.74. The fraction of sp³-hybridized carbons (Fsp3) is 0.167. The molecular weight excluding hydrogens is 306 g/mol. The SMILES string of the molecule is Clc1ccccc1CNCc1cc(Br)cs1. The lowest BCUT2D eigenvalue weighted by Gasteiger charge is -2.05. The Morgan fingerprint density at radius 3 is 2.75 bits per heavy atom. The predicted molar refractivity (Wildman–Crippen MR) is 74.0 cm³/mol. The zero-order chi connectivity index (χ0) is 11.4. The summed E-state index contributed by atoms with van der Waals surface area (Å²) in [5.74, 6) is 0. The number of nitrogens with one attached hydrogen (secondary N) is 1. The van der Waals surface area contributed by atoms with E-state index in [4.69, 9.17) is 11.6 Å². The van der Waals surface area contributed by atoms with E-state index < -0.39 is 0 Å². The molecule has 0 aliphatic rings. The van der Waals surface area contributed by atoms with Crippen LogP contribution in [-0.4, -0.2) is 0 Å². The lowest BCUT2D eigenvalue weighted by atomic mass is 10.2. The molecule has 0 bridgehead atoms. The second kappa shape index (κ2) is 5.82. The van der Waals surface area contributed by atoms with Gasteiger partial charge in [-0.1, -0.05) is 29.8 Å². The standard InChI is InChI=1S/C12H11BrClNS/c13-10-5-11(16-8-10)7-15-6-9-3-1-2-4-12(9)14/h1-5,8,15H,6-7H2. The van der Waals surface area contributed by atoms with Crippen molar-refractivity contribution in [3.05, 3.63) is 55.6 Å². The number of hydrogen-bond acceptors (Lipinski definition) is 2. The van der Waals surface area contributed by atoms with Crippen molar-refractivity contribution in [2.24, 2.45) is 0 Å². The number of thiophene rings is 1. The first kappa shape index (κ1) is 12.1. The van der Waals surface area contributed by atoms with Crippen molar-refractivity contribution >= 4 is 38.9 Å². The molecular formula is C12H11BrClNS. The molecule has 1 heterocycles. The van der Waals surface area contributed by atoms with E-state index in [1.807, 2.05) is 24.3 Å². The summed E-state index contributed by atoms with van der Waals surface area (Å²) in [4.78, 5) is 1.32. The Balaban J connectivity index is 1.87. The van der Waals surface area contributed by atoms with Crippen LogP contribution in [0.15, 0.2) is 40.2 Å². The maximum Gasteiger partial charge on any atom is 0.0450 e. The average Bonchev–Trinajstić information content (AvgIpc) is 2.67. The van der Waals surface area contributed by atoms with Crippen molar-refractivity contribution in [1.29, 1.82) is 0 Å². The Kier molecular flexibility index (Phi) is 4.41. The Bertz CT molecular complexity index is 470. The molecule has 16 heavy (non-hydrogen) atoms. The third-order valence-electron chi connectivity index (χ3n) is 2.19. The van der Waals surface area contributed by atoms with Gasteiger partial charge in [-0.05, 0) is 33.6 Å². The van der Waals surface area contributed by atoms with Gasteiger partial charge >= 0.3 is 0 Å². The van der Waals surface area contributed by atoms with E-state index >= 15 is 0 Å². The summed E-state index contributed by atoms with van der Waals surface area (Å²) in [6.45, 7) is 1.68. The third kappa shape index (κ3) is 3.32. The van der Waals surface area contributed by atoms with Gasteiger partial charge in [-0.15, -0.1) is 11.3 Å². The molecule has 84 valence electrons. The van der Waals surface area contributed by atoms with E-state index in [-0.39, 0.29) is 0 Å². The van der Waals surface area contributed by atoms with E-state index in [9.17, 15) is 0 Å². The van der Waals surface area contributed by atoms with Crippen LogP contribution in [0.1, 0.15) is 10.4 Å². The largest absolute Gasteiger partial charge is 0.308 e. The van der Waals surface area contributed by atoms with Crippen molar-refractivity contribution in [3.8, 4) is 0 Å². The van der Waals surface area contributed by atoms with Crippen molar-refractivity contribution < 1.29 is 0 Å². The summed E-state index contributed by atoms with van der Waals surface area (Å²) in [6.07, 6.45) is 0. The van der Waals surface area contributed by atoms with Crippen molar-refractivity contribution in [3.63, 3.8) is 0 Å². The van der Waals surface area contributed by atoms with Crippen LogP contribution in [0, 0.1) is 0 Å². The van der Waals surface area contributed by atoms with E-state index in [1.165, 1.54) is 4.88 Å². The predicted octanol–water partition coefficient (Wildman–Crippen LogP) is 4.45. The summed E-state index contributed by atoms with van der Waals surface area (Å²) in [6, 6.07) is 10.0. The monoisotopic (exact) mass is 315 g/mol. The summed E-state index contributed by atoms with van der Waals surface area (Å²) in [5, 5.41) is 6.29. The van der Waals surface area contributed by atoms with E-state index in [0.29, 0.717) is 0 Å². The van der Waals surface area contributed by atoms with Gasteiger partial charge in [0.25, 0.3) is 0 Å². The van der Waals surface area contributed by atoms with Crippen LogP contribution in [0.2, 0.25) is 5.02 Å². The van der Waals surface area contributed by atoms with Gasteiger partial charge in [0.15, 0.2) is 0 Å². The molecule has 0 aliphatic carbocycles. The summed E-state index contributed by atoms with van der Waals surface area (Å²) < 4.78 is 1.15. The maximum atomic E-state index is 6.07. The molecule has 0 saturated heterocycles. The van der Waals surface area contributed by atoms with Crippen molar-refractivity contribution in [2.75, 3.05) is 0 Å². The molecule has 0 aliphatic heterocycles. The van der Waals surface area contributed by atoms with Crippen LogP contribution in [0.3, 0.4) is 0 Å². The molecule has 1 aromatic carbocycles. The number of benzene rings is 1. The van der Waals surface area contributed by atoms with Crippen LogP contribution in [-0.2, 0) is 13.1 Å². The molecule has 1 N–H and O–H groups in total. The van der Waals surface area contributed by atoms with Gasteiger partial charge in [-0.3, -0.25) is 0 Å². The number of halogens is 2. The Morgan fingerprint density at radius 2 is 2.06 bits per heavy atom. The van der Waals surface area contributed by atoms with Gasteiger partial charge in [0.05, 0.1) is 0 Å². The number of rotatable bonds is 4. The van der Waals surface area contributed by atoms with Crippen LogP contribution >= 0.6 is 38.9 Å². The number of hydrogen-bond donors (Lipinski definition) is 1. The Hall–Kier alpha value is -0.350. The molecule has 0 unspecified atom stereocenters. The van der Waals surface area contributed by atoms with Gasteiger partial charge in [-0.2, -0.15) is 0 Å². The molecule has 2 rings (SSSR count). The maximum absolute atomic E-state index is 6.07. The highest BCUT2D eigenvalue weighted by Gasteiger charge is 2.00. The first-order valence-corrected chi connectivity index (χ1v) is 6.98. The minimum atomic E-state index is 0.801. The van der Waals surface area contributed by atoms with Crippen molar-refractivity contribution in [2.45, 2.75) is 13.1 Å². The Morgan fingerprint density at radius 1 is 1.25 bits per heavy atom. The summed E-state index contributed by atoms with van der Waals surface area (Å²) in [5.41, 5.74) is 1.14. The first-order chi connectivity index (χ1) is 7.75. The minimum absolute atomic E-state index is 0.801. The lowest BCUT2D eigenvalue weighted by Crippen LogP contribution is -2.11. The zero-order valence-corrected chi connectivity index (χ0v) is 11.7. The zero-order valence-electron chi connectivity index (χ0n) is 8.54. The fourth-order valence-corrected chi connectivity index (χ4v) is 3.03. The molecule has 0 atom stereocenters. The van der Waals surface area contributed by atoms with Crippen LogP contribution in [0.25, 0.3) is 0 Å². The molecule has 0 amide bonds. The third-order valence-corrected chi connectivity index (χ3v) is 4.26. The smallest absolute Gasteiger partial charge is 0.0450 e. The highest BCUT2D eigenvalue weighted by atomic mass is 79.9.